The number of hydrogen-bond donors (Lipinski definition) is 2. The third-order valence-electron chi connectivity index (χ3n) is 3.23. The van der Waals surface area contributed by atoms with Gasteiger partial charge in [-0.1, -0.05) is 31.5 Å². The van der Waals surface area contributed by atoms with E-state index >= 15 is 0 Å². The maximum atomic E-state index is 12.2. The molecule has 7 heteroatoms. The normalized spacial score (nSPS) is 12.6. The molecule has 0 saturated carbocycles. The van der Waals surface area contributed by atoms with Crippen LogP contribution in [0.3, 0.4) is 0 Å². The van der Waals surface area contributed by atoms with E-state index in [1.165, 1.54) is 18.2 Å². The van der Waals surface area contributed by atoms with E-state index in [4.69, 9.17) is 21.4 Å². The summed E-state index contributed by atoms with van der Waals surface area (Å²) in [6, 6.07) is 4.28. The summed E-state index contributed by atoms with van der Waals surface area (Å²) in [6.07, 6.45) is 0.746. The van der Waals surface area contributed by atoms with Crippen LogP contribution in [0.1, 0.15) is 25.8 Å². The zero-order chi connectivity index (χ0) is 16.1. The van der Waals surface area contributed by atoms with E-state index in [0.29, 0.717) is 18.7 Å². The zero-order valence-corrected chi connectivity index (χ0v) is 14.1. The van der Waals surface area contributed by atoms with Gasteiger partial charge >= 0.3 is 0 Å². The van der Waals surface area contributed by atoms with Gasteiger partial charge in [0.05, 0.1) is 11.5 Å². The summed E-state index contributed by atoms with van der Waals surface area (Å²) in [7, 11) is -2.01. The highest BCUT2D eigenvalue weighted by molar-refractivity contribution is 7.89. The van der Waals surface area contributed by atoms with E-state index in [2.05, 4.69) is 4.72 Å². The first-order valence-electron chi connectivity index (χ1n) is 6.60. The van der Waals surface area contributed by atoms with Crippen molar-refractivity contribution < 1.29 is 18.3 Å². The number of ether oxygens (including phenoxy) is 1. The van der Waals surface area contributed by atoms with Crippen LogP contribution in [0.2, 0.25) is 5.02 Å². The fourth-order valence-corrected chi connectivity index (χ4v) is 3.24. The van der Waals surface area contributed by atoms with E-state index in [9.17, 15) is 8.42 Å². The van der Waals surface area contributed by atoms with Crippen molar-refractivity contribution in [2.75, 3.05) is 20.3 Å². The molecule has 0 amide bonds. The zero-order valence-electron chi connectivity index (χ0n) is 12.5. The Labute approximate surface area is 131 Å². The molecule has 0 radical (unpaired) electrons. The summed E-state index contributed by atoms with van der Waals surface area (Å²) in [6.45, 7) is 4.59. The summed E-state index contributed by atoms with van der Waals surface area (Å²) in [5, 5.41) is 9.28. The fourth-order valence-electron chi connectivity index (χ4n) is 1.66. The Morgan fingerprint density at radius 1 is 1.38 bits per heavy atom. The smallest absolute Gasteiger partial charge is 0.240 e. The van der Waals surface area contributed by atoms with E-state index in [0.717, 1.165) is 6.42 Å². The van der Waals surface area contributed by atoms with E-state index < -0.39 is 10.0 Å². The summed E-state index contributed by atoms with van der Waals surface area (Å²) in [4.78, 5) is 0.0900. The number of sulfonamides is 1. The molecule has 0 spiro atoms. The molecule has 1 aromatic carbocycles. The van der Waals surface area contributed by atoms with Crippen molar-refractivity contribution in [2.45, 2.75) is 31.8 Å². The molecule has 0 aliphatic carbocycles. The second kappa shape index (κ2) is 7.56. The Kier molecular flexibility index (Phi) is 6.62. The highest BCUT2D eigenvalue weighted by Gasteiger charge is 2.22. The van der Waals surface area contributed by atoms with Gasteiger partial charge in [-0.3, -0.25) is 0 Å². The van der Waals surface area contributed by atoms with Crippen molar-refractivity contribution in [2.24, 2.45) is 5.41 Å². The minimum Gasteiger partial charge on any atom is -0.392 e. The largest absolute Gasteiger partial charge is 0.392 e. The molecule has 0 heterocycles. The fraction of sp³-hybridized carbons (Fsp3) is 0.571. The van der Waals surface area contributed by atoms with Gasteiger partial charge in [-0.2, -0.15) is 0 Å². The minimum absolute atomic E-state index is 0.0900. The lowest BCUT2D eigenvalue weighted by molar-refractivity contribution is 0.153. The molecule has 0 aliphatic rings. The Balaban J connectivity index is 2.80. The lowest BCUT2D eigenvalue weighted by Crippen LogP contribution is -2.34. The average molecular weight is 336 g/mol. The van der Waals surface area contributed by atoms with Crippen LogP contribution in [0.25, 0.3) is 0 Å². The minimum atomic E-state index is -3.62. The second-order valence-corrected chi connectivity index (χ2v) is 7.82. The summed E-state index contributed by atoms with van der Waals surface area (Å²) >= 11 is 5.93. The van der Waals surface area contributed by atoms with Crippen LogP contribution >= 0.6 is 11.6 Å². The maximum absolute atomic E-state index is 12.2. The van der Waals surface area contributed by atoms with Crippen molar-refractivity contribution in [1.29, 1.82) is 0 Å². The molecule has 0 bridgehead atoms. The number of aliphatic hydroxyl groups is 1. The van der Waals surface area contributed by atoms with Gasteiger partial charge in [0.15, 0.2) is 0 Å². The third-order valence-corrected chi connectivity index (χ3v) is 4.98. The monoisotopic (exact) mass is 335 g/mol. The molecular formula is C14H22ClNO4S. The van der Waals surface area contributed by atoms with Gasteiger partial charge in [0.1, 0.15) is 0 Å². The molecule has 120 valence electrons. The Morgan fingerprint density at radius 2 is 2.05 bits per heavy atom. The first-order chi connectivity index (χ1) is 9.72. The quantitative estimate of drug-likeness (QED) is 0.763. The van der Waals surface area contributed by atoms with E-state index in [-0.39, 0.29) is 21.9 Å². The van der Waals surface area contributed by atoms with Crippen LogP contribution in [0, 0.1) is 5.41 Å². The molecule has 2 N–H and O–H groups in total. The Bertz CT molecular complexity index is 572. The van der Waals surface area contributed by atoms with Crippen LogP contribution in [0.5, 0.6) is 0 Å². The van der Waals surface area contributed by atoms with Crippen LogP contribution in [-0.2, 0) is 21.4 Å². The molecular weight excluding hydrogens is 314 g/mol. The number of aliphatic hydroxyl groups excluding tert-OH is 1. The molecule has 0 unspecified atom stereocenters. The highest BCUT2D eigenvalue weighted by atomic mass is 35.5. The predicted molar refractivity (Wildman–Crippen MR) is 82.8 cm³/mol. The molecule has 0 aliphatic heterocycles. The topological polar surface area (TPSA) is 75.6 Å². The van der Waals surface area contributed by atoms with Gasteiger partial charge in [0.25, 0.3) is 0 Å². The van der Waals surface area contributed by atoms with Crippen molar-refractivity contribution in [3.8, 4) is 0 Å². The van der Waals surface area contributed by atoms with Gasteiger partial charge in [0, 0.05) is 25.3 Å². The van der Waals surface area contributed by atoms with Gasteiger partial charge in [-0.05, 0) is 29.5 Å². The van der Waals surface area contributed by atoms with Crippen LogP contribution in [0.15, 0.2) is 23.1 Å². The summed E-state index contributed by atoms with van der Waals surface area (Å²) < 4.78 is 32.1. The van der Waals surface area contributed by atoms with Gasteiger partial charge in [0.2, 0.25) is 10.0 Å². The highest BCUT2D eigenvalue weighted by Crippen LogP contribution is 2.23. The molecule has 1 rings (SSSR count). The SMILES string of the molecule is COCCC(C)(C)CNS(=O)(=O)c1ccc(CO)c(Cl)c1. The third kappa shape index (κ3) is 5.56. The standard InChI is InChI=1S/C14H22ClNO4S/c1-14(2,6-7-20-3)10-16-21(18,19)12-5-4-11(9-17)13(15)8-12/h4-5,8,16-17H,6-7,9-10H2,1-3H3. The van der Waals surface area contributed by atoms with Gasteiger partial charge < -0.3 is 9.84 Å². The van der Waals surface area contributed by atoms with Gasteiger partial charge in [-0.25, -0.2) is 13.1 Å². The molecule has 1 aromatic rings. The molecule has 21 heavy (non-hydrogen) atoms. The van der Waals surface area contributed by atoms with Gasteiger partial charge in [-0.15, -0.1) is 0 Å². The first kappa shape index (κ1) is 18.4. The van der Waals surface area contributed by atoms with E-state index in [1.807, 2.05) is 13.8 Å². The van der Waals surface area contributed by atoms with Crippen molar-refractivity contribution >= 4 is 21.6 Å². The maximum Gasteiger partial charge on any atom is 0.240 e. The number of methoxy groups -OCH3 is 1. The first-order valence-corrected chi connectivity index (χ1v) is 8.46. The average Bonchev–Trinajstić information content (AvgIpc) is 2.43. The number of benzene rings is 1. The van der Waals surface area contributed by atoms with Crippen molar-refractivity contribution in [3.05, 3.63) is 28.8 Å². The number of rotatable bonds is 8. The summed E-state index contributed by atoms with van der Waals surface area (Å²) in [5.74, 6) is 0. The number of halogens is 1. The molecule has 0 fully saturated rings. The van der Waals surface area contributed by atoms with Crippen LogP contribution in [-0.4, -0.2) is 33.8 Å². The Morgan fingerprint density at radius 3 is 2.57 bits per heavy atom. The molecule has 0 aromatic heterocycles. The lowest BCUT2D eigenvalue weighted by atomic mass is 9.90. The van der Waals surface area contributed by atoms with Crippen LogP contribution < -0.4 is 4.72 Å². The lowest BCUT2D eigenvalue weighted by Gasteiger charge is -2.24. The second-order valence-electron chi connectivity index (χ2n) is 5.64. The van der Waals surface area contributed by atoms with Crippen LogP contribution in [0.4, 0.5) is 0 Å². The molecule has 5 nitrogen and oxygen atoms in total. The van der Waals surface area contributed by atoms with Crippen molar-refractivity contribution in [3.63, 3.8) is 0 Å². The number of hydrogen-bond acceptors (Lipinski definition) is 4. The molecule has 0 atom stereocenters. The number of nitrogens with one attached hydrogen (secondary N) is 1. The predicted octanol–water partition coefficient (Wildman–Crippen LogP) is 2.17. The summed E-state index contributed by atoms with van der Waals surface area (Å²) in [5.41, 5.74) is 0.286. The van der Waals surface area contributed by atoms with Crippen molar-refractivity contribution in [1.82, 2.24) is 4.72 Å². The van der Waals surface area contributed by atoms with E-state index in [1.54, 1.807) is 7.11 Å². The molecule has 0 saturated heterocycles. The Hall–Kier alpha value is -0.660.